The van der Waals surface area contributed by atoms with Crippen molar-refractivity contribution in [2.24, 2.45) is 0 Å². The van der Waals surface area contributed by atoms with Crippen LogP contribution in [0, 0.1) is 0 Å². The van der Waals surface area contributed by atoms with Crippen molar-refractivity contribution in [3.8, 4) is 0 Å². The first-order valence-electron chi connectivity index (χ1n) is 11.5. The van der Waals surface area contributed by atoms with Gasteiger partial charge in [-0.05, 0) is 42.5 Å². The molecule has 0 unspecified atom stereocenters. The van der Waals surface area contributed by atoms with Gasteiger partial charge in [-0.25, -0.2) is 0 Å². The fourth-order valence-corrected chi connectivity index (χ4v) is 5.26. The zero-order valence-corrected chi connectivity index (χ0v) is 19.3. The third kappa shape index (κ3) is 6.72. The highest BCUT2D eigenvalue weighted by molar-refractivity contribution is 7.99. The van der Waals surface area contributed by atoms with Gasteiger partial charge in [-0.2, -0.15) is 0 Å². The number of rotatable bonds is 9. The van der Waals surface area contributed by atoms with Crippen molar-refractivity contribution in [2.75, 3.05) is 13.1 Å². The first kappa shape index (κ1) is 22.6. The van der Waals surface area contributed by atoms with Crippen molar-refractivity contribution in [2.45, 2.75) is 48.5 Å². The molecule has 1 heterocycles. The molecule has 32 heavy (non-hydrogen) atoms. The minimum Gasteiger partial charge on any atom is -0.373 e. The topological polar surface area (TPSA) is 29.5 Å². The van der Waals surface area contributed by atoms with Crippen molar-refractivity contribution in [1.82, 2.24) is 4.90 Å². The van der Waals surface area contributed by atoms with Crippen LogP contribution in [0.4, 0.5) is 0 Å². The smallest absolute Gasteiger partial charge is 0.222 e. The normalized spacial score (nSPS) is 17.7. The van der Waals surface area contributed by atoms with Gasteiger partial charge in [0.05, 0.1) is 12.7 Å². The van der Waals surface area contributed by atoms with Gasteiger partial charge in [0.25, 0.3) is 0 Å². The van der Waals surface area contributed by atoms with E-state index in [1.807, 2.05) is 40.9 Å². The van der Waals surface area contributed by atoms with Gasteiger partial charge in [0.2, 0.25) is 5.91 Å². The molecule has 1 amide bonds. The lowest BCUT2D eigenvalue weighted by molar-refractivity contribution is -0.130. The number of carbonyl (C=O) groups is 1. The lowest BCUT2D eigenvalue weighted by Gasteiger charge is -2.24. The first-order chi connectivity index (χ1) is 15.8. The number of hydrogen-bond acceptors (Lipinski definition) is 3. The van der Waals surface area contributed by atoms with Crippen LogP contribution in [0.5, 0.6) is 0 Å². The average molecular weight is 446 g/mol. The van der Waals surface area contributed by atoms with Crippen molar-refractivity contribution in [1.29, 1.82) is 0 Å². The van der Waals surface area contributed by atoms with Crippen LogP contribution in [0.15, 0.2) is 95.9 Å². The van der Waals surface area contributed by atoms with Crippen LogP contribution < -0.4 is 0 Å². The van der Waals surface area contributed by atoms with Crippen LogP contribution in [-0.2, 0) is 16.1 Å². The van der Waals surface area contributed by atoms with Crippen molar-refractivity contribution >= 4 is 17.7 Å². The van der Waals surface area contributed by atoms with Crippen LogP contribution in [0.3, 0.4) is 0 Å². The predicted octanol–water partition coefficient (Wildman–Crippen LogP) is 6.51. The van der Waals surface area contributed by atoms with Gasteiger partial charge in [-0.3, -0.25) is 4.79 Å². The van der Waals surface area contributed by atoms with Gasteiger partial charge < -0.3 is 9.64 Å². The number of ether oxygens (including phenoxy) is 1. The molecular formula is C28H31NO2S. The van der Waals surface area contributed by atoms with E-state index in [-0.39, 0.29) is 12.0 Å². The maximum atomic E-state index is 12.8. The van der Waals surface area contributed by atoms with E-state index < -0.39 is 0 Å². The van der Waals surface area contributed by atoms with Crippen LogP contribution in [-0.4, -0.2) is 30.0 Å². The molecule has 0 spiro atoms. The van der Waals surface area contributed by atoms with E-state index in [0.717, 1.165) is 32.4 Å². The summed E-state index contributed by atoms with van der Waals surface area (Å²) in [6.45, 7) is 2.17. The minimum atomic E-state index is 0.146. The molecule has 1 fully saturated rings. The average Bonchev–Trinajstić information content (AvgIpc) is 3.03. The Bertz CT molecular complexity index is 949. The molecule has 166 valence electrons. The van der Waals surface area contributed by atoms with Crippen molar-refractivity contribution in [3.05, 3.63) is 102 Å². The van der Waals surface area contributed by atoms with Gasteiger partial charge in [-0.1, -0.05) is 78.9 Å². The molecule has 0 radical (unpaired) electrons. The second kappa shape index (κ2) is 11.9. The Hall–Kier alpha value is -2.56. The Labute approximate surface area is 195 Å². The third-order valence-electron chi connectivity index (χ3n) is 5.94. The van der Waals surface area contributed by atoms with E-state index in [4.69, 9.17) is 4.74 Å². The summed E-state index contributed by atoms with van der Waals surface area (Å²) in [5.41, 5.74) is 2.50. The first-order valence-corrected chi connectivity index (χ1v) is 12.4. The van der Waals surface area contributed by atoms with Gasteiger partial charge in [0.15, 0.2) is 0 Å². The summed E-state index contributed by atoms with van der Waals surface area (Å²) in [6, 6.07) is 31.4. The number of thioether (sulfide) groups is 1. The molecule has 3 aromatic carbocycles. The van der Waals surface area contributed by atoms with E-state index in [9.17, 15) is 4.79 Å². The number of benzene rings is 3. The molecule has 0 saturated carbocycles. The highest BCUT2D eigenvalue weighted by Gasteiger charge is 2.24. The molecule has 1 saturated heterocycles. The maximum absolute atomic E-state index is 12.8. The largest absolute Gasteiger partial charge is 0.373 e. The maximum Gasteiger partial charge on any atom is 0.222 e. The standard InChI is InChI=1S/C28H31NO2S/c30-28-17-16-25(31-22-23-10-4-1-5-11-23)18-20-29(28)21-19-27(24-12-6-2-7-13-24)32-26-14-8-3-9-15-26/h1-15,25,27H,16-22H2/t25-,27+/m1/s1. The molecule has 3 aromatic rings. The Kier molecular flexibility index (Phi) is 8.41. The zero-order valence-electron chi connectivity index (χ0n) is 18.4. The molecule has 1 aliphatic heterocycles. The van der Waals surface area contributed by atoms with Gasteiger partial charge in [-0.15, -0.1) is 11.8 Å². The molecule has 3 nitrogen and oxygen atoms in total. The van der Waals surface area contributed by atoms with Crippen LogP contribution in [0.2, 0.25) is 0 Å². The summed E-state index contributed by atoms with van der Waals surface area (Å²) in [5.74, 6) is 0.257. The number of amides is 1. The Morgan fingerprint density at radius 2 is 1.53 bits per heavy atom. The number of carbonyl (C=O) groups excluding carboxylic acids is 1. The Morgan fingerprint density at radius 3 is 2.25 bits per heavy atom. The predicted molar refractivity (Wildman–Crippen MR) is 132 cm³/mol. The molecule has 0 N–H and O–H groups in total. The monoisotopic (exact) mass is 445 g/mol. The summed E-state index contributed by atoms with van der Waals surface area (Å²) in [4.78, 5) is 16.1. The van der Waals surface area contributed by atoms with E-state index in [2.05, 4.69) is 66.7 Å². The lowest BCUT2D eigenvalue weighted by Crippen LogP contribution is -2.32. The fourth-order valence-electron chi connectivity index (χ4n) is 4.10. The quantitative estimate of drug-likeness (QED) is 0.352. The van der Waals surface area contributed by atoms with Crippen LogP contribution >= 0.6 is 11.8 Å². The molecule has 2 atom stereocenters. The van der Waals surface area contributed by atoms with Crippen molar-refractivity contribution in [3.63, 3.8) is 0 Å². The van der Waals surface area contributed by atoms with E-state index in [1.54, 1.807) is 0 Å². The Morgan fingerprint density at radius 1 is 0.875 bits per heavy atom. The van der Waals surface area contributed by atoms with Crippen LogP contribution in [0.1, 0.15) is 42.1 Å². The third-order valence-corrected chi connectivity index (χ3v) is 7.27. The molecule has 0 aliphatic carbocycles. The summed E-state index contributed by atoms with van der Waals surface area (Å²) in [5, 5.41) is 0.319. The molecule has 0 aromatic heterocycles. The summed E-state index contributed by atoms with van der Waals surface area (Å²) in [6.07, 6.45) is 3.36. The molecule has 1 aliphatic rings. The zero-order chi connectivity index (χ0) is 22.0. The molecule has 4 rings (SSSR count). The van der Waals surface area contributed by atoms with Gasteiger partial charge in [0, 0.05) is 29.7 Å². The highest BCUT2D eigenvalue weighted by atomic mass is 32.2. The number of likely N-dealkylation sites (tertiary alicyclic amines) is 1. The van der Waals surface area contributed by atoms with Gasteiger partial charge in [0.1, 0.15) is 0 Å². The minimum absolute atomic E-state index is 0.146. The fraction of sp³-hybridized carbons (Fsp3) is 0.321. The molecular weight excluding hydrogens is 414 g/mol. The summed E-state index contributed by atoms with van der Waals surface area (Å²) < 4.78 is 6.14. The van der Waals surface area contributed by atoms with Crippen molar-refractivity contribution < 1.29 is 9.53 Å². The molecule has 0 bridgehead atoms. The summed E-state index contributed by atoms with van der Waals surface area (Å²) >= 11 is 1.88. The lowest BCUT2D eigenvalue weighted by atomic mass is 10.1. The van der Waals surface area contributed by atoms with E-state index in [0.29, 0.717) is 18.3 Å². The second-order valence-electron chi connectivity index (χ2n) is 8.25. The van der Waals surface area contributed by atoms with Gasteiger partial charge >= 0.3 is 0 Å². The van der Waals surface area contributed by atoms with E-state index in [1.165, 1.54) is 16.0 Å². The summed E-state index contributed by atoms with van der Waals surface area (Å²) in [7, 11) is 0. The number of nitrogens with zero attached hydrogens (tertiary/aromatic N) is 1. The second-order valence-corrected chi connectivity index (χ2v) is 9.52. The SMILES string of the molecule is O=C1CC[C@@H](OCc2ccccc2)CCN1CC[C@H](Sc1ccccc1)c1ccccc1. The van der Waals surface area contributed by atoms with E-state index >= 15 is 0 Å². The van der Waals surface area contributed by atoms with Crippen LogP contribution in [0.25, 0.3) is 0 Å². The Balaban J connectivity index is 1.33. The molecule has 4 heteroatoms. The number of hydrogen-bond donors (Lipinski definition) is 0. The highest BCUT2D eigenvalue weighted by Crippen LogP contribution is 2.38.